The monoisotopic (exact) mass is 346 g/mol. The second-order valence-electron chi connectivity index (χ2n) is 5.91. The van der Waals surface area contributed by atoms with Crippen molar-refractivity contribution in [3.8, 4) is 0 Å². The van der Waals surface area contributed by atoms with Crippen LogP contribution in [0.25, 0.3) is 0 Å². The number of nitrogens with one attached hydrogen (secondary N) is 2. The Balaban J connectivity index is 2.10. The first kappa shape index (κ1) is 17.8. The van der Waals surface area contributed by atoms with Gasteiger partial charge in [-0.25, -0.2) is 0 Å². The predicted molar refractivity (Wildman–Crippen MR) is 104 cm³/mol. The normalized spacial score (nSPS) is 11.9. The minimum atomic E-state index is 0.181. The molecular formula is C19H23ClN2S. The molecule has 2 nitrogen and oxygen atoms in total. The lowest BCUT2D eigenvalue weighted by atomic mass is 10.0. The number of hydrogen-bond donors (Lipinski definition) is 2. The standard InChI is InChI=1S/C19H23ClN2S/c1-5-17(15-8-6-12(2)7-9-15)21-19(23)22-18-14(4)10-13(3)11-16(18)20/h6-11,17H,5H2,1-4H3,(H2,21,22,23)/t17-/m0/s1. The number of anilines is 1. The van der Waals surface area contributed by atoms with Gasteiger partial charge in [-0.05, 0) is 62.2 Å². The van der Waals surface area contributed by atoms with E-state index >= 15 is 0 Å². The van der Waals surface area contributed by atoms with Gasteiger partial charge in [0.1, 0.15) is 0 Å². The summed E-state index contributed by atoms with van der Waals surface area (Å²) in [6.07, 6.45) is 0.950. The van der Waals surface area contributed by atoms with E-state index < -0.39 is 0 Å². The predicted octanol–water partition coefficient (Wildman–Crippen LogP) is 5.70. The van der Waals surface area contributed by atoms with E-state index in [2.05, 4.69) is 54.8 Å². The molecule has 1 atom stereocenters. The van der Waals surface area contributed by atoms with Gasteiger partial charge in [0.25, 0.3) is 0 Å². The number of thiocarbonyl (C=S) groups is 1. The van der Waals surface area contributed by atoms with Crippen molar-refractivity contribution in [2.45, 2.75) is 40.2 Å². The Morgan fingerprint density at radius 1 is 1.09 bits per heavy atom. The third kappa shape index (κ3) is 4.69. The average Bonchev–Trinajstić information content (AvgIpc) is 2.49. The van der Waals surface area contributed by atoms with Gasteiger partial charge in [-0.15, -0.1) is 0 Å². The fraction of sp³-hybridized carbons (Fsp3) is 0.316. The topological polar surface area (TPSA) is 24.1 Å². The average molecular weight is 347 g/mol. The lowest BCUT2D eigenvalue weighted by Crippen LogP contribution is -2.32. The van der Waals surface area contributed by atoms with Crippen LogP contribution in [0.3, 0.4) is 0 Å². The summed E-state index contributed by atoms with van der Waals surface area (Å²) < 4.78 is 0. The van der Waals surface area contributed by atoms with E-state index in [1.807, 2.05) is 19.9 Å². The summed E-state index contributed by atoms with van der Waals surface area (Å²) in [6, 6.07) is 12.7. The van der Waals surface area contributed by atoms with Crippen LogP contribution in [0.15, 0.2) is 36.4 Å². The zero-order valence-corrected chi connectivity index (χ0v) is 15.6. The summed E-state index contributed by atoms with van der Waals surface area (Å²) in [6.45, 7) is 8.29. The molecular weight excluding hydrogens is 324 g/mol. The molecule has 2 rings (SSSR count). The zero-order chi connectivity index (χ0) is 17.0. The van der Waals surface area contributed by atoms with Crippen LogP contribution >= 0.6 is 23.8 Å². The van der Waals surface area contributed by atoms with Crippen LogP contribution in [-0.2, 0) is 0 Å². The van der Waals surface area contributed by atoms with Gasteiger partial charge in [0, 0.05) is 0 Å². The highest BCUT2D eigenvalue weighted by atomic mass is 35.5. The summed E-state index contributed by atoms with van der Waals surface area (Å²) in [5.41, 5.74) is 5.58. The van der Waals surface area contributed by atoms with Gasteiger partial charge in [-0.3, -0.25) is 0 Å². The lowest BCUT2D eigenvalue weighted by Gasteiger charge is -2.21. The second-order valence-corrected chi connectivity index (χ2v) is 6.72. The van der Waals surface area contributed by atoms with Crippen molar-refractivity contribution in [1.82, 2.24) is 5.32 Å². The molecule has 0 fully saturated rings. The Hall–Kier alpha value is -1.58. The highest BCUT2D eigenvalue weighted by Crippen LogP contribution is 2.27. The molecule has 0 heterocycles. The molecule has 4 heteroatoms. The second kappa shape index (κ2) is 7.80. The molecule has 0 aromatic heterocycles. The van der Waals surface area contributed by atoms with Crippen molar-refractivity contribution >= 4 is 34.6 Å². The Labute approximate surface area is 149 Å². The Bertz CT molecular complexity index is 672. The van der Waals surface area contributed by atoms with Gasteiger partial charge in [-0.2, -0.15) is 0 Å². The number of rotatable bonds is 4. The molecule has 0 radical (unpaired) electrons. The van der Waals surface area contributed by atoms with Crippen LogP contribution in [0.2, 0.25) is 5.02 Å². The van der Waals surface area contributed by atoms with Crippen LogP contribution in [0.4, 0.5) is 5.69 Å². The molecule has 0 bridgehead atoms. The maximum atomic E-state index is 6.33. The highest BCUT2D eigenvalue weighted by molar-refractivity contribution is 7.80. The largest absolute Gasteiger partial charge is 0.356 e. The molecule has 0 saturated carbocycles. The van der Waals surface area contributed by atoms with E-state index in [-0.39, 0.29) is 6.04 Å². The summed E-state index contributed by atoms with van der Waals surface area (Å²) in [4.78, 5) is 0. The number of aryl methyl sites for hydroxylation is 3. The van der Waals surface area contributed by atoms with Crippen LogP contribution in [0.5, 0.6) is 0 Å². The maximum absolute atomic E-state index is 6.33. The van der Waals surface area contributed by atoms with Gasteiger partial charge in [0.15, 0.2) is 5.11 Å². The van der Waals surface area contributed by atoms with E-state index in [0.717, 1.165) is 23.2 Å². The number of halogens is 1. The fourth-order valence-corrected chi connectivity index (χ4v) is 3.21. The van der Waals surface area contributed by atoms with Crippen molar-refractivity contribution < 1.29 is 0 Å². The number of hydrogen-bond acceptors (Lipinski definition) is 1. The molecule has 2 aromatic carbocycles. The van der Waals surface area contributed by atoms with Crippen molar-refractivity contribution in [2.75, 3.05) is 5.32 Å². The van der Waals surface area contributed by atoms with Crippen molar-refractivity contribution in [2.24, 2.45) is 0 Å². The van der Waals surface area contributed by atoms with E-state index in [1.54, 1.807) is 0 Å². The van der Waals surface area contributed by atoms with E-state index in [1.165, 1.54) is 11.1 Å². The molecule has 0 aliphatic rings. The number of benzene rings is 2. The van der Waals surface area contributed by atoms with Gasteiger partial charge < -0.3 is 10.6 Å². The van der Waals surface area contributed by atoms with E-state index in [9.17, 15) is 0 Å². The van der Waals surface area contributed by atoms with Crippen LogP contribution in [0.1, 0.15) is 41.6 Å². The van der Waals surface area contributed by atoms with Crippen LogP contribution < -0.4 is 10.6 Å². The van der Waals surface area contributed by atoms with Crippen molar-refractivity contribution in [1.29, 1.82) is 0 Å². The molecule has 0 spiro atoms. The molecule has 122 valence electrons. The SMILES string of the molecule is CC[C@H](NC(=S)Nc1c(C)cc(C)cc1Cl)c1ccc(C)cc1. The molecule has 23 heavy (non-hydrogen) atoms. The minimum Gasteiger partial charge on any atom is -0.356 e. The first-order valence-corrected chi connectivity index (χ1v) is 8.60. The molecule has 0 aliphatic carbocycles. The molecule has 0 unspecified atom stereocenters. The van der Waals surface area contributed by atoms with Gasteiger partial charge in [-0.1, -0.05) is 54.4 Å². The molecule has 0 amide bonds. The van der Waals surface area contributed by atoms with Crippen molar-refractivity contribution in [3.05, 3.63) is 63.7 Å². The van der Waals surface area contributed by atoms with Gasteiger partial charge >= 0.3 is 0 Å². The first-order valence-electron chi connectivity index (χ1n) is 7.81. The smallest absolute Gasteiger partial charge is 0.171 e. The first-order chi connectivity index (χ1) is 10.9. The van der Waals surface area contributed by atoms with E-state index in [0.29, 0.717) is 10.1 Å². The van der Waals surface area contributed by atoms with Crippen LogP contribution in [-0.4, -0.2) is 5.11 Å². The molecule has 0 saturated heterocycles. The summed E-state index contributed by atoms with van der Waals surface area (Å²) >= 11 is 11.8. The summed E-state index contributed by atoms with van der Waals surface area (Å²) in [5.74, 6) is 0. The molecule has 2 aromatic rings. The zero-order valence-electron chi connectivity index (χ0n) is 14.0. The van der Waals surface area contributed by atoms with Gasteiger partial charge in [0.2, 0.25) is 0 Å². The van der Waals surface area contributed by atoms with Gasteiger partial charge in [0.05, 0.1) is 16.8 Å². The lowest BCUT2D eigenvalue weighted by molar-refractivity contribution is 0.629. The third-order valence-electron chi connectivity index (χ3n) is 3.86. The quantitative estimate of drug-likeness (QED) is 0.694. The Kier molecular flexibility index (Phi) is 6.03. The maximum Gasteiger partial charge on any atom is 0.171 e. The molecule has 2 N–H and O–H groups in total. The third-order valence-corrected chi connectivity index (χ3v) is 4.38. The summed E-state index contributed by atoms with van der Waals surface area (Å²) in [7, 11) is 0. The minimum absolute atomic E-state index is 0.181. The summed E-state index contributed by atoms with van der Waals surface area (Å²) in [5, 5.41) is 7.90. The van der Waals surface area contributed by atoms with Crippen LogP contribution in [0, 0.1) is 20.8 Å². The highest BCUT2D eigenvalue weighted by Gasteiger charge is 2.12. The Morgan fingerprint density at radius 3 is 2.30 bits per heavy atom. The van der Waals surface area contributed by atoms with E-state index in [4.69, 9.17) is 23.8 Å². The molecule has 0 aliphatic heterocycles. The Morgan fingerprint density at radius 2 is 1.74 bits per heavy atom. The van der Waals surface area contributed by atoms with Crippen molar-refractivity contribution in [3.63, 3.8) is 0 Å². The fourth-order valence-electron chi connectivity index (χ4n) is 2.60.